The van der Waals surface area contributed by atoms with Gasteiger partial charge in [0.05, 0.1) is 10.6 Å². The van der Waals surface area contributed by atoms with Crippen molar-refractivity contribution in [2.24, 2.45) is 5.84 Å². The van der Waals surface area contributed by atoms with Crippen molar-refractivity contribution in [1.82, 2.24) is 4.72 Å². The van der Waals surface area contributed by atoms with Crippen molar-refractivity contribution in [3.05, 3.63) is 28.3 Å². The zero-order chi connectivity index (χ0) is 13.8. The van der Waals surface area contributed by atoms with Gasteiger partial charge in [0, 0.05) is 12.6 Å². The molecule has 0 bridgehead atoms. The highest BCUT2D eigenvalue weighted by Crippen LogP contribution is 2.26. The molecule has 1 aromatic carbocycles. The van der Waals surface area contributed by atoms with E-state index in [9.17, 15) is 18.5 Å². The molecule has 100 valence electrons. The van der Waals surface area contributed by atoms with Gasteiger partial charge in [-0.15, -0.1) is 0 Å². The minimum atomic E-state index is -3.88. The van der Waals surface area contributed by atoms with Crippen LogP contribution in [-0.4, -0.2) is 19.9 Å². The highest BCUT2D eigenvalue weighted by atomic mass is 32.2. The number of rotatable bonds is 6. The number of nitro groups is 1. The second kappa shape index (κ2) is 5.76. The standard InChI is InChI=1S/C9H14N4O4S/c1-2-5-11-18(16,17)9-4-3-7(12-10)6-8(9)13(14)15/h3-4,6,11-12H,2,5,10H2,1H3. The molecule has 0 amide bonds. The Kier molecular flexibility index (Phi) is 4.59. The Morgan fingerprint density at radius 1 is 1.44 bits per heavy atom. The summed E-state index contributed by atoms with van der Waals surface area (Å²) in [6.07, 6.45) is 0.593. The first-order chi connectivity index (χ1) is 8.42. The Morgan fingerprint density at radius 2 is 2.11 bits per heavy atom. The van der Waals surface area contributed by atoms with Gasteiger partial charge < -0.3 is 5.43 Å². The van der Waals surface area contributed by atoms with Crippen LogP contribution in [0, 0.1) is 10.1 Å². The summed E-state index contributed by atoms with van der Waals surface area (Å²) in [7, 11) is -3.88. The van der Waals surface area contributed by atoms with Crippen LogP contribution < -0.4 is 16.0 Å². The minimum absolute atomic E-state index is 0.219. The van der Waals surface area contributed by atoms with Gasteiger partial charge in [0.25, 0.3) is 5.69 Å². The van der Waals surface area contributed by atoms with E-state index < -0.39 is 20.6 Å². The number of hydrogen-bond donors (Lipinski definition) is 3. The number of nitrogens with zero attached hydrogens (tertiary/aromatic N) is 1. The lowest BCUT2D eigenvalue weighted by Crippen LogP contribution is -2.25. The average molecular weight is 274 g/mol. The number of anilines is 1. The molecule has 0 aliphatic carbocycles. The van der Waals surface area contributed by atoms with Gasteiger partial charge in [-0.3, -0.25) is 16.0 Å². The van der Waals surface area contributed by atoms with E-state index in [4.69, 9.17) is 5.84 Å². The highest BCUT2D eigenvalue weighted by molar-refractivity contribution is 7.89. The Bertz CT molecular complexity index is 543. The largest absolute Gasteiger partial charge is 0.324 e. The summed E-state index contributed by atoms with van der Waals surface area (Å²) in [5.41, 5.74) is 1.97. The number of nitrogens with two attached hydrogens (primary N) is 1. The van der Waals surface area contributed by atoms with Gasteiger partial charge in [-0.25, -0.2) is 13.1 Å². The first-order valence-corrected chi connectivity index (χ1v) is 6.65. The third kappa shape index (κ3) is 3.15. The summed E-state index contributed by atoms with van der Waals surface area (Å²) in [4.78, 5) is 9.72. The van der Waals surface area contributed by atoms with E-state index in [1.807, 2.05) is 0 Å². The fraction of sp³-hybridized carbons (Fsp3) is 0.333. The van der Waals surface area contributed by atoms with Crippen LogP contribution in [0.1, 0.15) is 13.3 Å². The third-order valence-corrected chi connectivity index (χ3v) is 3.66. The molecule has 0 atom stereocenters. The number of benzene rings is 1. The topological polar surface area (TPSA) is 127 Å². The monoisotopic (exact) mass is 274 g/mol. The molecule has 0 spiro atoms. The molecule has 0 heterocycles. The fourth-order valence-corrected chi connectivity index (χ4v) is 2.58. The molecule has 0 unspecified atom stereocenters. The van der Waals surface area contributed by atoms with Crippen molar-refractivity contribution in [2.45, 2.75) is 18.2 Å². The van der Waals surface area contributed by atoms with E-state index in [0.717, 1.165) is 12.1 Å². The van der Waals surface area contributed by atoms with Crippen LogP contribution in [0.3, 0.4) is 0 Å². The molecule has 0 saturated carbocycles. The van der Waals surface area contributed by atoms with Crippen molar-refractivity contribution >= 4 is 21.4 Å². The van der Waals surface area contributed by atoms with Gasteiger partial charge in [-0.2, -0.15) is 0 Å². The molecule has 0 aliphatic rings. The normalized spacial score (nSPS) is 11.2. The van der Waals surface area contributed by atoms with Crippen molar-refractivity contribution < 1.29 is 13.3 Å². The molecule has 0 aliphatic heterocycles. The number of hydrazine groups is 1. The molecular weight excluding hydrogens is 260 g/mol. The summed E-state index contributed by atoms with van der Waals surface area (Å²) in [6, 6.07) is 3.57. The summed E-state index contributed by atoms with van der Waals surface area (Å²) in [5.74, 6) is 5.12. The summed E-state index contributed by atoms with van der Waals surface area (Å²) < 4.78 is 26.0. The van der Waals surface area contributed by atoms with E-state index >= 15 is 0 Å². The number of nitro benzene ring substituents is 1. The van der Waals surface area contributed by atoms with Crippen molar-refractivity contribution in [1.29, 1.82) is 0 Å². The summed E-state index contributed by atoms with van der Waals surface area (Å²) >= 11 is 0. The van der Waals surface area contributed by atoms with E-state index in [1.165, 1.54) is 6.07 Å². The first kappa shape index (κ1) is 14.4. The predicted molar refractivity (Wildman–Crippen MR) is 66.4 cm³/mol. The number of nitrogen functional groups attached to an aromatic ring is 1. The van der Waals surface area contributed by atoms with E-state index in [0.29, 0.717) is 6.42 Å². The van der Waals surface area contributed by atoms with Crippen molar-refractivity contribution in [2.75, 3.05) is 12.0 Å². The van der Waals surface area contributed by atoms with Crippen LogP contribution >= 0.6 is 0 Å². The molecule has 18 heavy (non-hydrogen) atoms. The maximum absolute atomic E-state index is 11.8. The lowest BCUT2D eigenvalue weighted by Gasteiger charge is -2.07. The van der Waals surface area contributed by atoms with E-state index in [1.54, 1.807) is 6.92 Å². The van der Waals surface area contributed by atoms with Crippen LogP contribution in [0.4, 0.5) is 11.4 Å². The van der Waals surface area contributed by atoms with Crippen molar-refractivity contribution in [3.8, 4) is 0 Å². The predicted octanol–water partition coefficient (Wildman–Crippen LogP) is 0.569. The Labute approximate surface area is 104 Å². The minimum Gasteiger partial charge on any atom is -0.324 e. The fourth-order valence-electron chi connectivity index (χ4n) is 1.29. The van der Waals surface area contributed by atoms with Gasteiger partial charge in [-0.1, -0.05) is 6.92 Å². The molecule has 1 aromatic rings. The van der Waals surface area contributed by atoms with Crippen LogP contribution in [-0.2, 0) is 10.0 Å². The molecule has 0 aromatic heterocycles. The molecule has 9 heteroatoms. The number of hydrogen-bond acceptors (Lipinski definition) is 6. The van der Waals surface area contributed by atoms with Gasteiger partial charge in [0.1, 0.15) is 0 Å². The average Bonchev–Trinajstić information content (AvgIpc) is 2.35. The van der Waals surface area contributed by atoms with Crippen LogP contribution in [0.25, 0.3) is 0 Å². The Morgan fingerprint density at radius 3 is 2.61 bits per heavy atom. The molecule has 0 fully saturated rings. The summed E-state index contributed by atoms with van der Waals surface area (Å²) in [5, 5.41) is 10.9. The van der Waals surface area contributed by atoms with Crippen LogP contribution in [0.15, 0.2) is 23.1 Å². The summed E-state index contributed by atoms with van der Waals surface area (Å²) in [6.45, 7) is 2.01. The lowest BCUT2D eigenvalue weighted by atomic mass is 10.3. The quantitative estimate of drug-likeness (QED) is 0.395. The van der Waals surface area contributed by atoms with E-state index in [-0.39, 0.29) is 17.1 Å². The van der Waals surface area contributed by atoms with Crippen LogP contribution in [0.2, 0.25) is 0 Å². The van der Waals surface area contributed by atoms with Gasteiger partial charge in [0.2, 0.25) is 10.0 Å². The zero-order valence-electron chi connectivity index (χ0n) is 9.71. The molecule has 4 N–H and O–H groups in total. The molecule has 8 nitrogen and oxygen atoms in total. The van der Waals surface area contributed by atoms with Gasteiger partial charge in [0.15, 0.2) is 4.90 Å². The third-order valence-electron chi connectivity index (χ3n) is 2.15. The molecule has 0 saturated heterocycles. The van der Waals surface area contributed by atoms with Gasteiger partial charge in [-0.05, 0) is 18.6 Å². The lowest BCUT2D eigenvalue weighted by molar-refractivity contribution is -0.387. The molecule has 1 rings (SSSR count). The molecule has 0 radical (unpaired) electrons. The maximum Gasteiger partial charge on any atom is 0.291 e. The zero-order valence-corrected chi connectivity index (χ0v) is 10.5. The Hall–Kier alpha value is -1.71. The maximum atomic E-state index is 11.8. The number of nitrogens with one attached hydrogen (secondary N) is 2. The first-order valence-electron chi connectivity index (χ1n) is 5.17. The SMILES string of the molecule is CCCNS(=O)(=O)c1ccc(NN)cc1[N+](=O)[O-]. The smallest absolute Gasteiger partial charge is 0.291 e. The van der Waals surface area contributed by atoms with Gasteiger partial charge >= 0.3 is 0 Å². The Balaban J connectivity index is 3.27. The second-order valence-electron chi connectivity index (χ2n) is 3.48. The second-order valence-corrected chi connectivity index (χ2v) is 5.22. The van der Waals surface area contributed by atoms with Crippen molar-refractivity contribution in [3.63, 3.8) is 0 Å². The number of sulfonamides is 1. The highest BCUT2D eigenvalue weighted by Gasteiger charge is 2.25. The molecular formula is C9H14N4O4S. The van der Waals surface area contributed by atoms with E-state index in [2.05, 4.69) is 10.1 Å². The van der Waals surface area contributed by atoms with Crippen LogP contribution in [0.5, 0.6) is 0 Å².